The van der Waals surface area contributed by atoms with Crippen LogP contribution in [0.4, 0.5) is 0 Å². The summed E-state index contributed by atoms with van der Waals surface area (Å²) in [6.07, 6.45) is 0. The lowest BCUT2D eigenvalue weighted by molar-refractivity contribution is 0.399. The molecule has 0 bridgehead atoms. The average molecular weight is 207 g/mol. The molecule has 0 fully saturated rings. The number of ether oxygens (including phenoxy) is 2. The molecule has 0 aromatic carbocycles. The minimum absolute atomic E-state index is 0.0560. The number of halogens is 1. The maximum Gasteiger partial charge on any atom is 0.235 e. The van der Waals surface area contributed by atoms with Crippen molar-refractivity contribution in [3.63, 3.8) is 0 Å². The van der Waals surface area contributed by atoms with Crippen molar-refractivity contribution in [2.24, 2.45) is 0 Å². The highest BCUT2D eigenvalue weighted by atomic mass is 35.5. The van der Waals surface area contributed by atoms with Gasteiger partial charge in [0.1, 0.15) is 5.02 Å². The van der Waals surface area contributed by atoms with E-state index in [1.54, 1.807) is 0 Å². The Hall–Kier alpha value is -0.810. The van der Waals surface area contributed by atoms with Crippen molar-refractivity contribution in [2.75, 3.05) is 14.2 Å². The first-order valence-electron chi connectivity index (χ1n) is 3.02. The molecule has 6 heteroatoms. The molecule has 1 rings (SSSR count). The third kappa shape index (κ3) is 1.51. The lowest BCUT2D eigenvalue weighted by atomic mass is 10.4. The van der Waals surface area contributed by atoms with Gasteiger partial charge in [0.25, 0.3) is 0 Å². The van der Waals surface area contributed by atoms with E-state index in [1.165, 1.54) is 14.2 Å². The van der Waals surface area contributed by atoms with Gasteiger partial charge in [0.15, 0.2) is 5.69 Å². The van der Waals surface area contributed by atoms with E-state index in [9.17, 15) is 0 Å². The van der Waals surface area contributed by atoms with Crippen molar-refractivity contribution in [1.82, 2.24) is 4.37 Å². The Morgan fingerprint density at radius 2 is 2.25 bits per heavy atom. The normalized spacial score (nSPS) is 9.58. The van der Waals surface area contributed by atoms with Crippen LogP contribution in [0, 0.1) is 5.41 Å². The summed E-state index contributed by atoms with van der Waals surface area (Å²) in [6.45, 7) is 0. The SMILES string of the molecule is COC(=N)c1nsc(OC)c1Cl. The fourth-order valence-corrected chi connectivity index (χ4v) is 1.59. The number of methoxy groups -OCH3 is 2. The van der Waals surface area contributed by atoms with E-state index < -0.39 is 0 Å². The Balaban J connectivity index is 3.02. The second-order valence-electron chi connectivity index (χ2n) is 1.87. The molecule has 66 valence electrons. The van der Waals surface area contributed by atoms with Gasteiger partial charge in [-0.05, 0) is 0 Å². The highest BCUT2D eigenvalue weighted by molar-refractivity contribution is 7.08. The van der Waals surface area contributed by atoms with E-state index in [2.05, 4.69) is 9.11 Å². The largest absolute Gasteiger partial charge is 0.485 e. The number of hydrogen-bond acceptors (Lipinski definition) is 5. The Morgan fingerprint density at radius 3 is 2.67 bits per heavy atom. The van der Waals surface area contributed by atoms with E-state index in [4.69, 9.17) is 21.7 Å². The number of hydrogen-bond donors (Lipinski definition) is 1. The molecule has 0 saturated heterocycles. The van der Waals surface area contributed by atoms with Crippen molar-refractivity contribution < 1.29 is 9.47 Å². The van der Waals surface area contributed by atoms with Crippen LogP contribution in [-0.2, 0) is 4.74 Å². The fourth-order valence-electron chi connectivity index (χ4n) is 0.629. The van der Waals surface area contributed by atoms with Gasteiger partial charge in [0.05, 0.1) is 14.2 Å². The summed E-state index contributed by atoms with van der Waals surface area (Å²) in [5.41, 5.74) is 0.320. The van der Waals surface area contributed by atoms with Crippen LogP contribution in [0.2, 0.25) is 5.02 Å². The Bertz CT molecular complexity index is 300. The van der Waals surface area contributed by atoms with Crippen molar-refractivity contribution in [1.29, 1.82) is 5.41 Å². The summed E-state index contributed by atoms with van der Waals surface area (Å²) in [5, 5.41) is 8.11. The third-order valence-electron chi connectivity index (χ3n) is 1.21. The molecule has 0 unspecified atom stereocenters. The van der Waals surface area contributed by atoms with Crippen molar-refractivity contribution >= 4 is 29.0 Å². The quantitative estimate of drug-likeness (QED) is 0.593. The first-order chi connectivity index (χ1) is 5.70. The maximum absolute atomic E-state index is 7.29. The zero-order valence-electron chi connectivity index (χ0n) is 6.55. The van der Waals surface area contributed by atoms with Crippen molar-refractivity contribution in [2.45, 2.75) is 0 Å². The molecule has 1 aromatic rings. The van der Waals surface area contributed by atoms with Crippen LogP contribution in [0.1, 0.15) is 5.69 Å². The Labute approximate surface area is 78.7 Å². The highest BCUT2D eigenvalue weighted by Gasteiger charge is 2.16. The summed E-state index contributed by atoms with van der Waals surface area (Å²) in [7, 11) is 2.89. The predicted octanol–water partition coefficient (Wildman–Crippen LogP) is 1.78. The van der Waals surface area contributed by atoms with Gasteiger partial charge in [-0.25, -0.2) is 0 Å². The molecule has 0 aliphatic carbocycles. The molecular weight excluding hydrogens is 200 g/mol. The molecule has 0 saturated carbocycles. The van der Waals surface area contributed by atoms with Crippen LogP contribution < -0.4 is 4.74 Å². The van der Waals surface area contributed by atoms with Gasteiger partial charge in [0.2, 0.25) is 11.0 Å². The molecule has 0 aliphatic rings. The average Bonchev–Trinajstić information content (AvgIpc) is 2.45. The van der Waals surface area contributed by atoms with Gasteiger partial charge in [-0.1, -0.05) is 11.6 Å². The van der Waals surface area contributed by atoms with Crippen LogP contribution in [0.25, 0.3) is 0 Å². The molecule has 1 aromatic heterocycles. The Kier molecular flexibility index (Phi) is 2.88. The molecule has 0 spiro atoms. The lowest BCUT2D eigenvalue weighted by Gasteiger charge is -1.97. The van der Waals surface area contributed by atoms with Crippen LogP contribution in [0.5, 0.6) is 5.06 Å². The van der Waals surface area contributed by atoms with E-state index in [0.29, 0.717) is 15.8 Å². The van der Waals surface area contributed by atoms with Gasteiger partial charge < -0.3 is 9.47 Å². The summed E-state index contributed by atoms with van der Waals surface area (Å²) < 4.78 is 13.4. The minimum Gasteiger partial charge on any atom is -0.485 e. The van der Waals surface area contributed by atoms with E-state index >= 15 is 0 Å². The van der Waals surface area contributed by atoms with Gasteiger partial charge in [-0.2, -0.15) is 4.37 Å². The molecule has 0 radical (unpaired) electrons. The van der Waals surface area contributed by atoms with Crippen molar-refractivity contribution in [3.8, 4) is 5.06 Å². The maximum atomic E-state index is 7.29. The topological polar surface area (TPSA) is 55.2 Å². The van der Waals surface area contributed by atoms with E-state index in [0.717, 1.165) is 11.5 Å². The molecule has 12 heavy (non-hydrogen) atoms. The van der Waals surface area contributed by atoms with Crippen LogP contribution >= 0.6 is 23.1 Å². The molecule has 4 nitrogen and oxygen atoms in total. The monoisotopic (exact) mass is 206 g/mol. The molecule has 0 amide bonds. The summed E-state index contributed by atoms with van der Waals surface area (Å²) in [4.78, 5) is 0. The summed E-state index contributed by atoms with van der Waals surface area (Å²) in [6, 6.07) is 0. The number of rotatable bonds is 2. The summed E-state index contributed by atoms with van der Waals surface area (Å²) in [5.74, 6) is -0.0560. The first-order valence-corrected chi connectivity index (χ1v) is 4.18. The molecular formula is C6H7ClN2O2S. The second-order valence-corrected chi connectivity index (χ2v) is 2.98. The summed E-state index contributed by atoms with van der Waals surface area (Å²) >= 11 is 6.90. The smallest absolute Gasteiger partial charge is 0.235 e. The third-order valence-corrected chi connectivity index (χ3v) is 2.48. The number of nitrogens with one attached hydrogen (secondary N) is 1. The fraction of sp³-hybridized carbons (Fsp3) is 0.333. The van der Waals surface area contributed by atoms with Gasteiger partial charge in [-0.15, -0.1) is 0 Å². The lowest BCUT2D eigenvalue weighted by Crippen LogP contribution is -2.01. The van der Waals surface area contributed by atoms with E-state index in [-0.39, 0.29) is 5.90 Å². The highest BCUT2D eigenvalue weighted by Crippen LogP contribution is 2.32. The second kappa shape index (κ2) is 3.73. The van der Waals surface area contributed by atoms with Gasteiger partial charge >= 0.3 is 0 Å². The van der Waals surface area contributed by atoms with Crippen LogP contribution in [0.15, 0.2) is 0 Å². The zero-order chi connectivity index (χ0) is 9.14. The van der Waals surface area contributed by atoms with Crippen molar-refractivity contribution in [3.05, 3.63) is 10.7 Å². The molecule has 1 heterocycles. The Morgan fingerprint density at radius 1 is 1.58 bits per heavy atom. The zero-order valence-corrected chi connectivity index (χ0v) is 8.12. The van der Waals surface area contributed by atoms with Crippen LogP contribution in [0.3, 0.4) is 0 Å². The standard InChI is InChI=1S/C6H7ClN2O2S/c1-10-5(8)4-3(7)6(11-2)12-9-4/h8H,1-2H3. The molecule has 0 aliphatic heterocycles. The first kappa shape index (κ1) is 9.28. The molecule has 0 atom stereocenters. The molecule has 1 N–H and O–H groups in total. The van der Waals surface area contributed by atoms with Crippen LogP contribution in [-0.4, -0.2) is 24.5 Å². The number of aromatic nitrogens is 1. The van der Waals surface area contributed by atoms with E-state index in [1.807, 2.05) is 0 Å². The van der Waals surface area contributed by atoms with Gasteiger partial charge in [0, 0.05) is 11.5 Å². The van der Waals surface area contributed by atoms with Gasteiger partial charge in [-0.3, -0.25) is 5.41 Å². The minimum atomic E-state index is -0.0560. The predicted molar refractivity (Wildman–Crippen MR) is 47.5 cm³/mol. The number of nitrogens with zero attached hydrogens (tertiary/aromatic N) is 1.